The summed E-state index contributed by atoms with van der Waals surface area (Å²) in [6.07, 6.45) is 1.34. The maximum atomic E-state index is 12.4. The normalized spacial score (nSPS) is 10.2. The summed E-state index contributed by atoms with van der Waals surface area (Å²) in [4.78, 5) is 28.0. The standard InChI is InChI=1S/C15H12ClNO4/c1-8-11(15(20)21-2)5-9(7-17-8)14(19)12-6-10(16)3-4-13(12)18/h3-7,18H,1-2H3. The molecule has 2 rings (SSSR count). The summed E-state index contributed by atoms with van der Waals surface area (Å²) in [5, 5.41) is 10.1. The van der Waals surface area contributed by atoms with Gasteiger partial charge < -0.3 is 9.84 Å². The average Bonchev–Trinajstić information content (AvgIpc) is 2.48. The number of carbonyl (C=O) groups is 2. The van der Waals surface area contributed by atoms with E-state index in [2.05, 4.69) is 9.72 Å². The first-order chi connectivity index (χ1) is 9.93. The van der Waals surface area contributed by atoms with Gasteiger partial charge in [-0.3, -0.25) is 9.78 Å². The molecule has 0 aliphatic heterocycles. The highest BCUT2D eigenvalue weighted by Crippen LogP contribution is 2.24. The Labute approximate surface area is 126 Å². The summed E-state index contributed by atoms with van der Waals surface area (Å²) >= 11 is 5.82. The molecule has 2 aromatic rings. The van der Waals surface area contributed by atoms with Gasteiger partial charge in [-0.05, 0) is 31.2 Å². The van der Waals surface area contributed by atoms with Gasteiger partial charge in [-0.15, -0.1) is 0 Å². The molecule has 0 fully saturated rings. The lowest BCUT2D eigenvalue weighted by Crippen LogP contribution is -2.09. The molecule has 1 N–H and O–H groups in total. The summed E-state index contributed by atoms with van der Waals surface area (Å²) in [5.74, 6) is -1.25. The van der Waals surface area contributed by atoms with E-state index in [0.29, 0.717) is 10.7 Å². The molecule has 0 saturated carbocycles. The Kier molecular flexibility index (Phi) is 4.23. The van der Waals surface area contributed by atoms with Crippen molar-refractivity contribution in [2.75, 3.05) is 7.11 Å². The first kappa shape index (κ1) is 15.0. The molecule has 108 valence electrons. The number of phenolic OH excluding ortho intramolecular Hbond substituents is 1. The third kappa shape index (κ3) is 3.03. The number of ether oxygens (including phenoxy) is 1. The maximum Gasteiger partial charge on any atom is 0.339 e. The van der Waals surface area contributed by atoms with Gasteiger partial charge in [0.05, 0.1) is 23.9 Å². The highest BCUT2D eigenvalue weighted by molar-refractivity contribution is 6.31. The summed E-state index contributed by atoms with van der Waals surface area (Å²) in [6.45, 7) is 1.64. The number of hydrogen-bond donors (Lipinski definition) is 1. The Balaban J connectivity index is 2.49. The van der Waals surface area contributed by atoms with Crippen LogP contribution >= 0.6 is 11.6 Å². The SMILES string of the molecule is COC(=O)c1cc(C(=O)c2cc(Cl)ccc2O)cnc1C. The lowest BCUT2D eigenvalue weighted by Gasteiger charge is -2.07. The van der Waals surface area contributed by atoms with Crippen LogP contribution in [0.1, 0.15) is 32.0 Å². The van der Waals surface area contributed by atoms with Crippen LogP contribution in [0.2, 0.25) is 5.02 Å². The molecular formula is C15H12ClNO4. The van der Waals surface area contributed by atoms with Crippen LogP contribution in [0.3, 0.4) is 0 Å². The summed E-state index contributed by atoms with van der Waals surface area (Å²) in [7, 11) is 1.25. The zero-order valence-electron chi connectivity index (χ0n) is 11.4. The van der Waals surface area contributed by atoms with Crippen LogP contribution in [0.25, 0.3) is 0 Å². The fraction of sp³-hybridized carbons (Fsp3) is 0.133. The second-order valence-corrected chi connectivity index (χ2v) is 4.78. The van der Waals surface area contributed by atoms with Gasteiger partial charge in [0.25, 0.3) is 0 Å². The molecular weight excluding hydrogens is 294 g/mol. The van der Waals surface area contributed by atoms with E-state index in [0.717, 1.165) is 0 Å². The second-order valence-electron chi connectivity index (χ2n) is 4.34. The van der Waals surface area contributed by atoms with E-state index in [1.54, 1.807) is 6.92 Å². The number of methoxy groups -OCH3 is 1. The predicted octanol–water partition coefficient (Wildman–Crippen LogP) is 2.77. The molecule has 1 heterocycles. The van der Waals surface area contributed by atoms with E-state index in [1.165, 1.54) is 37.6 Å². The number of aryl methyl sites for hydroxylation is 1. The van der Waals surface area contributed by atoms with Gasteiger partial charge in [0.1, 0.15) is 5.75 Å². The van der Waals surface area contributed by atoms with Gasteiger partial charge in [0, 0.05) is 16.8 Å². The van der Waals surface area contributed by atoms with Crippen LogP contribution < -0.4 is 0 Å². The topological polar surface area (TPSA) is 76.5 Å². The number of aromatic nitrogens is 1. The third-order valence-corrected chi connectivity index (χ3v) is 3.19. The van der Waals surface area contributed by atoms with Crippen molar-refractivity contribution in [1.29, 1.82) is 0 Å². The van der Waals surface area contributed by atoms with Gasteiger partial charge in [-0.1, -0.05) is 11.6 Å². The second kappa shape index (κ2) is 5.93. The molecule has 6 heteroatoms. The Morgan fingerprint density at radius 1 is 1.24 bits per heavy atom. The number of pyridine rings is 1. The van der Waals surface area contributed by atoms with Crippen molar-refractivity contribution in [2.24, 2.45) is 0 Å². The van der Waals surface area contributed by atoms with Crippen LogP contribution in [0.5, 0.6) is 5.75 Å². The minimum absolute atomic E-state index is 0.0453. The number of benzene rings is 1. The van der Waals surface area contributed by atoms with Crippen molar-refractivity contribution in [3.63, 3.8) is 0 Å². The number of carbonyl (C=O) groups excluding carboxylic acids is 2. The lowest BCUT2D eigenvalue weighted by atomic mass is 10.0. The molecule has 21 heavy (non-hydrogen) atoms. The molecule has 0 radical (unpaired) electrons. The van der Waals surface area contributed by atoms with Crippen molar-refractivity contribution < 1.29 is 19.4 Å². The monoisotopic (exact) mass is 305 g/mol. The van der Waals surface area contributed by atoms with Crippen molar-refractivity contribution in [2.45, 2.75) is 6.92 Å². The minimum Gasteiger partial charge on any atom is -0.507 e. The smallest absolute Gasteiger partial charge is 0.339 e. The summed E-state index contributed by atoms with van der Waals surface area (Å²) in [5.41, 5.74) is 0.862. The van der Waals surface area contributed by atoms with Gasteiger partial charge in [0.2, 0.25) is 0 Å². The predicted molar refractivity (Wildman–Crippen MR) is 76.9 cm³/mol. The van der Waals surface area contributed by atoms with Crippen LogP contribution in [-0.4, -0.2) is 29.0 Å². The molecule has 1 aromatic carbocycles. The largest absolute Gasteiger partial charge is 0.507 e. The zero-order valence-corrected chi connectivity index (χ0v) is 12.1. The molecule has 0 aliphatic rings. The quantitative estimate of drug-likeness (QED) is 0.697. The van der Waals surface area contributed by atoms with Gasteiger partial charge in [-0.25, -0.2) is 4.79 Å². The van der Waals surface area contributed by atoms with Gasteiger partial charge >= 0.3 is 5.97 Å². The maximum absolute atomic E-state index is 12.4. The number of phenols is 1. The van der Waals surface area contributed by atoms with Crippen LogP contribution in [0.15, 0.2) is 30.5 Å². The van der Waals surface area contributed by atoms with E-state index in [9.17, 15) is 14.7 Å². The number of halogens is 1. The summed E-state index contributed by atoms with van der Waals surface area (Å²) in [6, 6.07) is 5.55. The van der Waals surface area contributed by atoms with E-state index in [1.807, 2.05) is 0 Å². The Morgan fingerprint density at radius 3 is 2.62 bits per heavy atom. The average molecular weight is 306 g/mol. The van der Waals surface area contributed by atoms with Crippen molar-refractivity contribution in [3.8, 4) is 5.75 Å². The van der Waals surface area contributed by atoms with Crippen LogP contribution in [-0.2, 0) is 4.74 Å². The number of nitrogens with zero attached hydrogens (tertiary/aromatic N) is 1. The molecule has 1 aromatic heterocycles. The number of hydrogen-bond acceptors (Lipinski definition) is 5. The van der Waals surface area contributed by atoms with E-state index in [4.69, 9.17) is 11.6 Å². The number of ketones is 1. The molecule has 0 saturated heterocycles. The lowest BCUT2D eigenvalue weighted by molar-refractivity contribution is 0.0599. The van der Waals surface area contributed by atoms with Crippen molar-refractivity contribution in [3.05, 3.63) is 57.9 Å². The van der Waals surface area contributed by atoms with E-state index < -0.39 is 11.8 Å². The van der Waals surface area contributed by atoms with Gasteiger partial charge in [-0.2, -0.15) is 0 Å². The van der Waals surface area contributed by atoms with Crippen molar-refractivity contribution >= 4 is 23.4 Å². The first-order valence-corrected chi connectivity index (χ1v) is 6.40. The van der Waals surface area contributed by atoms with E-state index >= 15 is 0 Å². The molecule has 0 amide bonds. The highest BCUT2D eigenvalue weighted by atomic mass is 35.5. The van der Waals surface area contributed by atoms with E-state index in [-0.39, 0.29) is 22.4 Å². The molecule has 0 unspecified atom stereocenters. The number of aromatic hydroxyl groups is 1. The Morgan fingerprint density at radius 2 is 1.95 bits per heavy atom. The zero-order chi connectivity index (χ0) is 15.6. The van der Waals surface area contributed by atoms with Gasteiger partial charge in [0.15, 0.2) is 5.78 Å². The molecule has 5 nitrogen and oxygen atoms in total. The third-order valence-electron chi connectivity index (χ3n) is 2.96. The molecule has 0 bridgehead atoms. The first-order valence-electron chi connectivity index (χ1n) is 6.02. The fourth-order valence-corrected chi connectivity index (χ4v) is 1.99. The Hall–Kier alpha value is -2.40. The number of rotatable bonds is 3. The molecule has 0 spiro atoms. The molecule has 0 atom stereocenters. The summed E-state index contributed by atoms with van der Waals surface area (Å²) < 4.78 is 4.64. The minimum atomic E-state index is -0.579. The highest BCUT2D eigenvalue weighted by Gasteiger charge is 2.18. The van der Waals surface area contributed by atoms with Crippen LogP contribution in [0, 0.1) is 6.92 Å². The molecule has 0 aliphatic carbocycles. The van der Waals surface area contributed by atoms with Crippen LogP contribution in [0.4, 0.5) is 0 Å². The number of esters is 1. The van der Waals surface area contributed by atoms with Crippen molar-refractivity contribution in [1.82, 2.24) is 4.98 Å². The fourth-order valence-electron chi connectivity index (χ4n) is 1.82. The Bertz CT molecular complexity index is 728.